The molecule has 0 unspecified atom stereocenters. The van der Waals surface area contributed by atoms with Gasteiger partial charge in [0, 0.05) is 17.3 Å². The molecule has 2 heterocycles. The number of hydrogen-bond acceptors (Lipinski definition) is 3. The SMILES string of the molecule is S=C(Nc1ccc(Cl)cc1)N(CCCN1CCCCC1)Cc1ccco1. The standard InChI is InChI=1S/C20H26ClN3OS/c21-17-7-9-18(10-8-17)22-20(26)24(16-19-6-4-15-25-19)14-5-13-23-11-2-1-3-12-23/h4,6-10,15H,1-3,5,11-14,16H2,(H,22,26). The average Bonchev–Trinajstić information content (AvgIpc) is 3.17. The van der Waals surface area contributed by atoms with Crippen molar-refractivity contribution in [3.05, 3.63) is 53.4 Å². The summed E-state index contributed by atoms with van der Waals surface area (Å²) in [5, 5.41) is 4.74. The summed E-state index contributed by atoms with van der Waals surface area (Å²) in [6.07, 6.45) is 6.82. The third-order valence-corrected chi connectivity index (χ3v) is 5.27. The molecule has 6 heteroatoms. The van der Waals surface area contributed by atoms with Crippen LogP contribution in [0, 0.1) is 0 Å². The normalized spacial score (nSPS) is 15.0. The number of nitrogens with one attached hydrogen (secondary N) is 1. The van der Waals surface area contributed by atoms with E-state index < -0.39 is 0 Å². The van der Waals surface area contributed by atoms with Gasteiger partial charge in [0.05, 0.1) is 12.8 Å². The molecular formula is C20H26ClN3OS. The van der Waals surface area contributed by atoms with Crippen LogP contribution in [0.3, 0.4) is 0 Å². The van der Waals surface area contributed by atoms with E-state index in [1.54, 1.807) is 6.26 Å². The van der Waals surface area contributed by atoms with Gasteiger partial charge >= 0.3 is 0 Å². The Balaban J connectivity index is 1.56. The van der Waals surface area contributed by atoms with E-state index in [1.165, 1.54) is 32.4 Å². The number of furan rings is 1. The van der Waals surface area contributed by atoms with Gasteiger partial charge in [-0.25, -0.2) is 0 Å². The van der Waals surface area contributed by atoms with Crippen molar-refractivity contribution in [2.75, 3.05) is 31.5 Å². The molecule has 0 amide bonds. The van der Waals surface area contributed by atoms with Crippen molar-refractivity contribution < 1.29 is 4.42 Å². The fourth-order valence-electron chi connectivity index (χ4n) is 3.25. The molecule has 2 aromatic rings. The van der Waals surface area contributed by atoms with Gasteiger partial charge in [-0.1, -0.05) is 18.0 Å². The van der Waals surface area contributed by atoms with Crippen molar-refractivity contribution >= 4 is 34.6 Å². The van der Waals surface area contributed by atoms with Gasteiger partial charge in [0.2, 0.25) is 0 Å². The second-order valence-electron chi connectivity index (χ2n) is 6.69. The highest BCUT2D eigenvalue weighted by molar-refractivity contribution is 7.80. The molecule has 0 aliphatic carbocycles. The van der Waals surface area contributed by atoms with Crippen LogP contribution in [0.5, 0.6) is 0 Å². The number of benzene rings is 1. The molecule has 1 aliphatic heterocycles. The largest absolute Gasteiger partial charge is 0.467 e. The molecule has 1 aromatic carbocycles. The predicted octanol–water partition coefficient (Wildman–Crippen LogP) is 5.01. The monoisotopic (exact) mass is 391 g/mol. The fraction of sp³-hybridized carbons (Fsp3) is 0.450. The Kier molecular flexibility index (Phi) is 7.35. The van der Waals surface area contributed by atoms with Gasteiger partial charge in [0.25, 0.3) is 0 Å². The highest BCUT2D eigenvalue weighted by atomic mass is 35.5. The highest BCUT2D eigenvalue weighted by Crippen LogP contribution is 2.16. The van der Waals surface area contributed by atoms with E-state index in [-0.39, 0.29) is 0 Å². The van der Waals surface area contributed by atoms with E-state index in [0.717, 1.165) is 36.0 Å². The number of rotatable bonds is 7. The van der Waals surface area contributed by atoms with Gasteiger partial charge in [0.15, 0.2) is 5.11 Å². The number of nitrogens with zero attached hydrogens (tertiary/aromatic N) is 2. The summed E-state index contributed by atoms with van der Waals surface area (Å²) in [6.45, 7) is 5.15. The van der Waals surface area contributed by atoms with Crippen molar-refractivity contribution in [3.8, 4) is 0 Å². The van der Waals surface area contributed by atoms with Gasteiger partial charge in [-0.2, -0.15) is 0 Å². The summed E-state index contributed by atoms with van der Waals surface area (Å²) in [4.78, 5) is 4.73. The van der Waals surface area contributed by atoms with E-state index >= 15 is 0 Å². The summed E-state index contributed by atoms with van der Waals surface area (Å²) >= 11 is 11.6. The molecule has 0 saturated carbocycles. The van der Waals surface area contributed by atoms with Gasteiger partial charge in [0.1, 0.15) is 5.76 Å². The lowest BCUT2D eigenvalue weighted by Gasteiger charge is -2.29. The van der Waals surface area contributed by atoms with Crippen molar-refractivity contribution in [3.63, 3.8) is 0 Å². The Hall–Kier alpha value is -1.56. The van der Waals surface area contributed by atoms with E-state index in [1.807, 2.05) is 36.4 Å². The molecule has 26 heavy (non-hydrogen) atoms. The maximum Gasteiger partial charge on any atom is 0.173 e. The molecule has 0 atom stereocenters. The highest BCUT2D eigenvalue weighted by Gasteiger charge is 2.14. The first-order valence-corrected chi connectivity index (χ1v) is 10.1. The summed E-state index contributed by atoms with van der Waals surface area (Å²) < 4.78 is 5.52. The first kappa shape index (κ1) is 19.2. The van der Waals surface area contributed by atoms with Crippen molar-refractivity contribution in [1.82, 2.24) is 9.80 Å². The number of thiocarbonyl (C=S) groups is 1. The minimum absolute atomic E-state index is 0.673. The molecule has 140 valence electrons. The quantitative estimate of drug-likeness (QED) is 0.670. The van der Waals surface area contributed by atoms with Crippen LogP contribution < -0.4 is 5.32 Å². The smallest absolute Gasteiger partial charge is 0.173 e. The Morgan fingerprint density at radius 1 is 1.15 bits per heavy atom. The molecule has 1 aliphatic rings. The molecule has 3 rings (SSSR count). The predicted molar refractivity (Wildman–Crippen MR) is 112 cm³/mol. The summed E-state index contributed by atoms with van der Waals surface area (Å²) in [5.74, 6) is 0.920. The second kappa shape index (κ2) is 9.95. The Morgan fingerprint density at radius 2 is 1.92 bits per heavy atom. The van der Waals surface area contributed by atoms with Crippen LogP contribution in [-0.2, 0) is 6.54 Å². The van der Waals surface area contributed by atoms with Crippen LogP contribution >= 0.6 is 23.8 Å². The zero-order valence-electron chi connectivity index (χ0n) is 15.0. The topological polar surface area (TPSA) is 31.6 Å². The molecule has 4 nitrogen and oxygen atoms in total. The van der Waals surface area contributed by atoms with E-state index in [9.17, 15) is 0 Å². The Bertz CT molecular complexity index is 669. The number of anilines is 1. The number of likely N-dealkylation sites (tertiary alicyclic amines) is 1. The summed E-state index contributed by atoms with van der Waals surface area (Å²) in [6, 6.07) is 11.5. The number of hydrogen-bond donors (Lipinski definition) is 1. The molecule has 0 radical (unpaired) electrons. The van der Waals surface area contributed by atoms with Gasteiger partial charge in [-0.05, 0) is 87.5 Å². The average molecular weight is 392 g/mol. The van der Waals surface area contributed by atoms with Crippen LogP contribution in [0.2, 0.25) is 5.02 Å². The minimum Gasteiger partial charge on any atom is -0.467 e. The first-order valence-electron chi connectivity index (χ1n) is 9.27. The lowest BCUT2D eigenvalue weighted by atomic mass is 10.1. The van der Waals surface area contributed by atoms with Gasteiger partial charge < -0.3 is 19.5 Å². The molecule has 1 fully saturated rings. The van der Waals surface area contributed by atoms with Crippen molar-refractivity contribution in [2.24, 2.45) is 0 Å². The Labute approximate surface area is 166 Å². The molecule has 0 spiro atoms. The van der Waals surface area contributed by atoms with E-state index in [2.05, 4.69) is 15.1 Å². The number of piperidine rings is 1. The van der Waals surface area contributed by atoms with Crippen LogP contribution in [0.1, 0.15) is 31.4 Å². The zero-order valence-corrected chi connectivity index (χ0v) is 16.6. The summed E-state index contributed by atoms with van der Waals surface area (Å²) in [5.41, 5.74) is 0.944. The third kappa shape index (κ3) is 6.01. The fourth-order valence-corrected chi connectivity index (χ4v) is 3.65. The molecular weight excluding hydrogens is 366 g/mol. The van der Waals surface area contributed by atoms with Crippen LogP contribution in [0.4, 0.5) is 5.69 Å². The van der Waals surface area contributed by atoms with Gasteiger partial charge in [-0.15, -0.1) is 0 Å². The maximum atomic E-state index is 5.96. The van der Waals surface area contributed by atoms with Gasteiger partial charge in [-0.3, -0.25) is 0 Å². The molecule has 1 saturated heterocycles. The zero-order chi connectivity index (χ0) is 18.2. The van der Waals surface area contributed by atoms with Crippen LogP contribution in [0.15, 0.2) is 47.1 Å². The molecule has 0 bridgehead atoms. The summed E-state index contributed by atoms with van der Waals surface area (Å²) in [7, 11) is 0. The molecule has 1 aromatic heterocycles. The first-order chi connectivity index (χ1) is 12.7. The lowest BCUT2D eigenvalue weighted by Crippen LogP contribution is -2.37. The van der Waals surface area contributed by atoms with E-state index in [4.69, 9.17) is 28.2 Å². The Morgan fingerprint density at radius 3 is 2.62 bits per heavy atom. The van der Waals surface area contributed by atoms with Crippen LogP contribution in [-0.4, -0.2) is 41.1 Å². The van der Waals surface area contributed by atoms with Crippen LogP contribution in [0.25, 0.3) is 0 Å². The lowest BCUT2D eigenvalue weighted by molar-refractivity contribution is 0.217. The van der Waals surface area contributed by atoms with E-state index in [0.29, 0.717) is 11.7 Å². The second-order valence-corrected chi connectivity index (χ2v) is 7.52. The van der Waals surface area contributed by atoms with Crippen molar-refractivity contribution in [2.45, 2.75) is 32.2 Å². The number of halogens is 1. The van der Waals surface area contributed by atoms with Crippen molar-refractivity contribution in [1.29, 1.82) is 0 Å². The maximum absolute atomic E-state index is 5.96. The minimum atomic E-state index is 0.673. The molecule has 1 N–H and O–H groups in total. The third-order valence-electron chi connectivity index (χ3n) is 4.66.